The van der Waals surface area contributed by atoms with E-state index >= 15 is 0 Å². The number of halogens is 2. The second-order valence-corrected chi connectivity index (χ2v) is 8.54. The van der Waals surface area contributed by atoms with Crippen LogP contribution in [0.4, 0.5) is 26.2 Å². The monoisotopic (exact) mass is 468 g/mol. The molecule has 1 atom stereocenters. The molecule has 11 heteroatoms. The van der Waals surface area contributed by atoms with Crippen molar-refractivity contribution in [2.24, 2.45) is 0 Å². The molecular weight excluding hydrogens is 442 g/mol. The van der Waals surface area contributed by atoms with E-state index in [9.17, 15) is 13.6 Å². The van der Waals surface area contributed by atoms with Gasteiger partial charge in [-0.05, 0) is 37.5 Å². The molecular formula is C23H26F2N8O. The average molecular weight is 469 g/mol. The van der Waals surface area contributed by atoms with E-state index in [1.807, 2.05) is 4.57 Å². The van der Waals surface area contributed by atoms with Crippen LogP contribution in [-0.2, 0) is 0 Å². The number of amides is 1. The van der Waals surface area contributed by atoms with Crippen molar-refractivity contribution in [1.29, 1.82) is 0 Å². The molecule has 3 heterocycles. The Morgan fingerprint density at radius 2 is 2.06 bits per heavy atom. The molecule has 0 saturated heterocycles. The first-order valence-electron chi connectivity index (χ1n) is 11.5. The molecule has 9 nitrogen and oxygen atoms in total. The van der Waals surface area contributed by atoms with Gasteiger partial charge in [0.25, 0.3) is 12.3 Å². The molecule has 0 radical (unpaired) electrons. The fourth-order valence-electron chi connectivity index (χ4n) is 4.97. The molecule has 34 heavy (non-hydrogen) atoms. The molecule has 1 fully saturated rings. The number of anilines is 3. The van der Waals surface area contributed by atoms with Gasteiger partial charge in [0, 0.05) is 29.9 Å². The average Bonchev–Trinajstić information content (AvgIpc) is 3.55. The summed E-state index contributed by atoms with van der Waals surface area (Å²) in [5, 5.41) is 13.9. The molecule has 1 aliphatic heterocycles. The van der Waals surface area contributed by atoms with Crippen LogP contribution in [0.5, 0.6) is 0 Å². The van der Waals surface area contributed by atoms with Crippen molar-refractivity contribution in [2.45, 2.75) is 57.5 Å². The Balaban J connectivity index is 1.55. The Morgan fingerprint density at radius 1 is 1.26 bits per heavy atom. The molecule has 3 aromatic rings. The second-order valence-electron chi connectivity index (χ2n) is 8.54. The lowest BCUT2D eigenvalue weighted by Crippen LogP contribution is -2.42. The van der Waals surface area contributed by atoms with E-state index in [1.165, 1.54) is 25.2 Å². The van der Waals surface area contributed by atoms with Gasteiger partial charge in [0.2, 0.25) is 5.95 Å². The largest absolute Gasteiger partial charge is 0.355 e. The molecule has 1 aliphatic carbocycles. The number of alkyl halides is 2. The maximum Gasteiger partial charge on any atom is 0.265 e. The molecule has 1 aromatic carbocycles. The van der Waals surface area contributed by atoms with E-state index in [1.54, 1.807) is 12.5 Å². The lowest BCUT2D eigenvalue weighted by molar-refractivity contribution is 0.0962. The van der Waals surface area contributed by atoms with Gasteiger partial charge in [-0.3, -0.25) is 9.36 Å². The number of aromatic nitrogens is 5. The van der Waals surface area contributed by atoms with Crippen molar-refractivity contribution in [3.8, 4) is 5.69 Å². The number of carbonyl (C=O) groups is 1. The van der Waals surface area contributed by atoms with Crippen LogP contribution in [0.1, 0.15) is 73.2 Å². The predicted octanol–water partition coefficient (Wildman–Crippen LogP) is 4.31. The van der Waals surface area contributed by atoms with E-state index in [2.05, 4.69) is 37.6 Å². The van der Waals surface area contributed by atoms with Crippen molar-refractivity contribution in [3.05, 3.63) is 47.7 Å². The Bertz CT molecular complexity index is 1210. The number of benzene rings is 1. The number of hydrogen-bond acceptors (Lipinski definition) is 7. The Hall–Kier alpha value is -3.63. The third kappa shape index (κ3) is 3.74. The standard InChI is InChI=1S/C23H26F2N8O/c1-3-17-21-31-28-12-32(21)18-11-27-23(30-20(18)33(17)14-6-4-5-7-14)29-16-9-8-13(22(34)26-2)10-15(16)19(24)25/h8-12,14,17,19H,3-7H2,1-2H3,(H,26,34)(H,27,29,30)/t17-/m1/s1. The van der Waals surface area contributed by atoms with Crippen LogP contribution in [-0.4, -0.2) is 43.7 Å². The van der Waals surface area contributed by atoms with Crippen molar-refractivity contribution >= 4 is 23.4 Å². The number of hydrogen-bond donors (Lipinski definition) is 2. The zero-order chi connectivity index (χ0) is 23.8. The Labute approximate surface area is 195 Å². The lowest BCUT2D eigenvalue weighted by Gasteiger charge is -2.40. The van der Waals surface area contributed by atoms with Gasteiger partial charge in [0.15, 0.2) is 11.6 Å². The summed E-state index contributed by atoms with van der Waals surface area (Å²) >= 11 is 0. The van der Waals surface area contributed by atoms with Gasteiger partial charge in [-0.2, -0.15) is 4.98 Å². The summed E-state index contributed by atoms with van der Waals surface area (Å²) in [5.74, 6) is 1.38. The number of rotatable bonds is 6. The molecule has 2 N–H and O–H groups in total. The first-order valence-corrected chi connectivity index (χ1v) is 11.5. The van der Waals surface area contributed by atoms with E-state index in [0.717, 1.165) is 49.4 Å². The molecule has 5 rings (SSSR count). The van der Waals surface area contributed by atoms with E-state index in [4.69, 9.17) is 4.98 Å². The van der Waals surface area contributed by atoms with Crippen LogP contribution in [0.15, 0.2) is 30.7 Å². The first-order chi connectivity index (χ1) is 16.5. The van der Waals surface area contributed by atoms with Gasteiger partial charge in [-0.15, -0.1) is 10.2 Å². The van der Waals surface area contributed by atoms with Gasteiger partial charge in [0.05, 0.1) is 12.2 Å². The minimum absolute atomic E-state index is 0.0179. The first kappa shape index (κ1) is 22.2. The normalized spacial score (nSPS) is 17.6. The number of nitrogens with one attached hydrogen (secondary N) is 2. The SMILES string of the molecule is CC[C@@H]1c2nncn2-c2cnc(Nc3ccc(C(=O)NC)cc3C(F)F)nc2N1C1CCCC1. The molecule has 2 aromatic heterocycles. The van der Waals surface area contributed by atoms with E-state index in [0.29, 0.717) is 6.04 Å². The molecule has 0 bridgehead atoms. The fraction of sp³-hybridized carbons (Fsp3) is 0.435. The summed E-state index contributed by atoms with van der Waals surface area (Å²) in [6, 6.07) is 4.47. The van der Waals surface area contributed by atoms with Crippen LogP contribution >= 0.6 is 0 Å². The van der Waals surface area contributed by atoms with Crippen LogP contribution in [0.2, 0.25) is 0 Å². The van der Waals surface area contributed by atoms with Crippen molar-refractivity contribution in [3.63, 3.8) is 0 Å². The highest BCUT2D eigenvalue weighted by molar-refractivity contribution is 5.94. The number of fused-ring (bicyclic) bond motifs is 3. The lowest BCUT2D eigenvalue weighted by atomic mass is 10.0. The summed E-state index contributed by atoms with van der Waals surface area (Å²) in [7, 11) is 1.46. The topological polar surface area (TPSA) is 101 Å². The zero-order valence-corrected chi connectivity index (χ0v) is 19.0. The van der Waals surface area contributed by atoms with Crippen LogP contribution in [0, 0.1) is 0 Å². The maximum atomic E-state index is 13.8. The van der Waals surface area contributed by atoms with Gasteiger partial charge < -0.3 is 15.5 Å². The highest BCUT2D eigenvalue weighted by Crippen LogP contribution is 2.43. The van der Waals surface area contributed by atoms with Gasteiger partial charge >= 0.3 is 0 Å². The highest BCUT2D eigenvalue weighted by Gasteiger charge is 2.38. The van der Waals surface area contributed by atoms with Gasteiger partial charge in [-0.25, -0.2) is 13.8 Å². The maximum absolute atomic E-state index is 13.8. The molecule has 1 saturated carbocycles. The second kappa shape index (κ2) is 8.96. The molecule has 2 aliphatic rings. The summed E-state index contributed by atoms with van der Waals surface area (Å²) in [5.41, 5.74) is 0.796. The smallest absolute Gasteiger partial charge is 0.265 e. The van der Waals surface area contributed by atoms with E-state index in [-0.39, 0.29) is 28.8 Å². The molecule has 1 amide bonds. The summed E-state index contributed by atoms with van der Waals surface area (Å²) in [4.78, 5) is 23.4. The van der Waals surface area contributed by atoms with Crippen molar-refractivity contribution in [1.82, 2.24) is 30.0 Å². The van der Waals surface area contributed by atoms with Gasteiger partial charge in [0.1, 0.15) is 12.0 Å². The minimum Gasteiger partial charge on any atom is -0.355 e. The molecule has 0 unspecified atom stereocenters. The minimum atomic E-state index is -2.77. The Morgan fingerprint density at radius 3 is 2.76 bits per heavy atom. The quantitative estimate of drug-likeness (QED) is 0.556. The number of carbonyl (C=O) groups excluding carboxylic acids is 1. The van der Waals surface area contributed by atoms with Gasteiger partial charge in [-0.1, -0.05) is 19.8 Å². The fourth-order valence-corrected chi connectivity index (χ4v) is 4.97. The Kier molecular flexibility index (Phi) is 5.84. The summed E-state index contributed by atoms with van der Waals surface area (Å²) in [6.45, 7) is 2.11. The summed E-state index contributed by atoms with van der Waals surface area (Å²) < 4.78 is 29.5. The number of nitrogens with zero attached hydrogens (tertiary/aromatic N) is 6. The third-order valence-electron chi connectivity index (χ3n) is 6.59. The predicted molar refractivity (Wildman–Crippen MR) is 123 cm³/mol. The summed E-state index contributed by atoms with van der Waals surface area (Å²) in [6.07, 6.45) is 5.83. The molecule has 0 spiro atoms. The highest BCUT2D eigenvalue weighted by atomic mass is 19.3. The zero-order valence-electron chi connectivity index (χ0n) is 19.0. The van der Waals surface area contributed by atoms with Crippen molar-refractivity contribution < 1.29 is 13.6 Å². The van der Waals surface area contributed by atoms with Crippen molar-refractivity contribution in [2.75, 3.05) is 17.3 Å². The third-order valence-corrected chi connectivity index (χ3v) is 6.59. The van der Waals surface area contributed by atoms with E-state index < -0.39 is 12.3 Å². The van der Waals surface area contributed by atoms with Crippen LogP contribution in [0.25, 0.3) is 5.69 Å². The molecule has 178 valence electrons. The van der Waals surface area contributed by atoms with Crippen LogP contribution in [0.3, 0.4) is 0 Å². The van der Waals surface area contributed by atoms with Crippen LogP contribution < -0.4 is 15.5 Å².